The van der Waals surface area contributed by atoms with Gasteiger partial charge >= 0.3 is 0 Å². The lowest BCUT2D eigenvalue weighted by Crippen LogP contribution is -2.39. The lowest BCUT2D eigenvalue weighted by molar-refractivity contribution is 0.0665. The summed E-state index contributed by atoms with van der Waals surface area (Å²) in [6, 6.07) is 5.32. The van der Waals surface area contributed by atoms with E-state index in [-0.39, 0.29) is 18.6 Å². The molecule has 0 unspecified atom stereocenters. The average molecular weight is 256 g/mol. The number of hydrogen-bond acceptors (Lipinski definition) is 2. The summed E-state index contributed by atoms with van der Waals surface area (Å²) in [5.74, 6) is -0.0975. The summed E-state index contributed by atoms with van der Waals surface area (Å²) in [6.45, 7) is 6.04. The predicted molar refractivity (Wildman–Crippen MR) is 69.4 cm³/mol. The third-order valence-corrected chi connectivity index (χ3v) is 2.73. The van der Waals surface area contributed by atoms with Gasteiger partial charge in [0.05, 0.1) is 6.61 Å². The number of aliphatic hydroxyl groups excluding tert-OH is 1. The van der Waals surface area contributed by atoms with Crippen LogP contribution in [0.2, 0.25) is 5.02 Å². The molecule has 1 aromatic rings. The average Bonchev–Trinajstić information content (AvgIpc) is 2.23. The Morgan fingerprint density at radius 2 is 2.06 bits per heavy atom. The van der Waals surface area contributed by atoms with E-state index in [1.165, 1.54) is 0 Å². The summed E-state index contributed by atoms with van der Waals surface area (Å²) in [6.07, 6.45) is 0. The molecule has 0 radical (unpaired) electrons. The van der Waals surface area contributed by atoms with Gasteiger partial charge in [-0.3, -0.25) is 4.79 Å². The van der Waals surface area contributed by atoms with Crippen LogP contribution in [0.3, 0.4) is 0 Å². The number of benzene rings is 1. The molecule has 0 atom stereocenters. The van der Waals surface area contributed by atoms with Crippen LogP contribution in [0, 0.1) is 6.92 Å². The highest BCUT2D eigenvalue weighted by molar-refractivity contribution is 6.31. The number of halogens is 1. The Balaban J connectivity index is 3.00. The van der Waals surface area contributed by atoms with E-state index in [2.05, 4.69) is 0 Å². The molecule has 0 aliphatic rings. The number of hydrogen-bond donors (Lipinski definition) is 1. The molecule has 0 spiro atoms. The summed E-state index contributed by atoms with van der Waals surface area (Å²) < 4.78 is 0. The molecule has 1 aromatic carbocycles. The standard InChI is InChI=1S/C13H18ClNO2/c1-9(2)15(4-5-16)13(17)11-6-10(3)7-12(14)8-11/h6-9,16H,4-5H2,1-3H3. The molecular weight excluding hydrogens is 238 g/mol. The Labute approximate surface area is 107 Å². The highest BCUT2D eigenvalue weighted by Crippen LogP contribution is 2.17. The zero-order valence-corrected chi connectivity index (χ0v) is 11.2. The van der Waals surface area contributed by atoms with Crippen molar-refractivity contribution in [2.75, 3.05) is 13.2 Å². The number of aliphatic hydroxyl groups is 1. The van der Waals surface area contributed by atoms with Gasteiger partial charge in [0.25, 0.3) is 5.91 Å². The number of aryl methyl sites for hydroxylation is 1. The second-order valence-corrected chi connectivity index (χ2v) is 4.77. The van der Waals surface area contributed by atoms with Crippen molar-refractivity contribution in [1.82, 2.24) is 4.90 Å². The van der Waals surface area contributed by atoms with Crippen molar-refractivity contribution < 1.29 is 9.90 Å². The van der Waals surface area contributed by atoms with Crippen molar-refractivity contribution in [3.63, 3.8) is 0 Å². The van der Waals surface area contributed by atoms with Crippen LogP contribution < -0.4 is 0 Å². The van der Waals surface area contributed by atoms with E-state index in [4.69, 9.17) is 16.7 Å². The van der Waals surface area contributed by atoms with Crippen molar-refractivity contribution in [2.24, 2.45) is 0 Å². The molecule has 0 aliphatic heterocycles. The minimum Gasteiger partial charge on any atom is -0.395 e. The van der Waals surface area contributed by atoms with Gasteiger partial charge in [-0.15, -0.1) is 0 Å². The summed E-state index contributed by atoms with van der Waals surface area (Å²) in [7, 11) is 0. The topological polar surface area (TPSA) is 40.5 Å². The fourth-order valence-electron chi connectivity index (χ4n) is 1.73. The Morgan fingerprint density at radius 1 is 1.41 bits per heavy atom. The molecule has 0 saturated heterocycles. The molecule has 4 heteroatoms. The van der Waals surface area contributed by atoms with Gasteiger partial charge in [-0.2, -0.15) is 0 Å². The Bertz CT molecular complexity index is 384. The Kier molecular flexibility index (Phi) is 4.97. The van der Waals surface area contributed by atoms with Crippen LogP contribution in [0.15, 0.2) is 18.2 Å². The number of amides is 1. The molecule has 0 heterocycles. The van der Waals surface area contributed by atoms with Gasteiger partial charge in [-0.1, -0.05) is 11.6 Å². The van der Waals surface area contributed by atoms with Crippen molar-refractivity contribution in [3.05, 3.63) is 34.3 Å². The quantitative estimate of drug-likeness (QED) is 0.898. The van der Waals surface area contributed by atoms with Crippen LogP contribution in [0.5, 0.6) is 0 Å². The lowest BCUT2D eigenvalue weighted by atomic mass is 10.1. The molecule has 1 amide bonds. The molecular formula is C13H18ClNO2. The molecule has 0 fully saturated rings. The lowest BCUT2D eigenvalue weighted by Gasteiger charge is -2.26. The van der Waals surface area contributed by atoms with E-state index in [9.17, 15) is 4.79 Å². The van der Waals surface area contributed by atoms with Crippen LogP contribution >= 0.6 is 11.6 Å². The van der Waals surface area contributed by atoms with Gasteiger partial charge < -0.3 is 10.0 Å². The smallest absolute Gasteiger partial charge is 0.254 e. The van der Waals surface area contributed by atoms with Crippen LogP contribution in [0.25, 0.3) is 0 Å². The molecule has 17 heavy (non-hydrogen) atoms. The van der Waals surface area contributed by atoms with Gasteiger partial charge in [0.2, 0.25) is 0 Å². The SMILES string of the molecule is Cc1cc(Cl)cc(C(=O)N(CCO)C(C)C)c1. The highest BCUT2D eigenvalue weighted by Gasteiger charge is 2.18. The number of carbonyl (C=O) groups excluding carboxylic acids is 1. The first-order valence-electron chi connectivity index (χ1n) is 5.64. The van der Waals surface area contributed by atoms with Crippen molar-refractivity contribution in [3.8, 4) is 0 Å². The number of carbonyl (C=O) groups is 1. The van der Waals surface area contributed by atoms with Crippen molar-refractivity contribution in [1.29, 1.82) is 0 Å². The fraction of sp³-hybridized carbons (Fsp3) is 0.462. The highest BCUT2D eigenvalue weighted by atomic mass is 35.5. The van der Waals surface area contributed by atoms with E-state index in [0.717, 1.165) is 5.56 Å². The van der Waals surface area contributed by atoms with E-state index in [1.807, 2.05) is 26.8 Å². The number of rotatable bonds is 4. The van der Waals surface area contributed by atoms with E-state index >= 15 is 0 Å². The van der Waals surface area contributed by atoms with E-state index < -0.39 is 0 Å². The summed E-state index contributed by atoms with van der Waals surface area (Å²) in [4.78, 5) is 13.9. The molecule has 0 aromatic heterocycles. The maximum absolute atomic E-state index is 12.2. The third kappa shape index (κ3) is 3.72. The van der Waals surface area contributed by atoms with Crippen LogP contribution in [-0.2, 0) is 0 Å². The molecule has 1 N–H and O–H groups in total. The summed E-state index contributed by atoms with van der Waals surface area (Å²) in [5.41, 5.74) is 1.52. The second kappa shape index (κ2) is 6.03. The van der Waals surface area contributed by atoms with Crippen LogP contribution in [0.1, 0.15) is 29.8 Å². The maximum atomic E-state index is 12.2. The second-order valence-electron chi connectivity index (χ2n) is 4.33. The molecule has 3 nitrogen and oxygen atoms in total. The fourth-order valence-corrected chi connectivity index (χ4v) is 2.02. The zero-order chi connectivity index (χ0) is 13.0. The van der Waals surface area contributed by atoms with E-state index in [1.54, 1.807) is 17.0 Å². The summed E-state index contributed by atoms with van der Waals surface area (Å²) in [5, 5.41) is 9.53. The normalized spacial score (nSPS) is 10.7. The van der Waals surface area contributed by atoms with Crippen molar-refractivity contribution in [2.45, 2.75) is 26.8 Å². The molecule has 0 bridgehead atoms. The van der Waals surface area contributed by atoms with Crippen LogP contribution in [-0.4, -0.2) is 35.1 Å². The predicted octanol–water partition coefficient (Wildman–Crippen LogP) is 2.49. The Morgan fingerprint density at radius 3 is 2.53 bits per heavy atom. The minimum atomic E-state index is -0.0975. The van der Waals surface area contributed by atoms with Gasteiger partial charge in [-0.25, -0.2) is 0 Å². The van der Waals surface area contributed by atoms with Gasteiger partial charge in [0, 0.05) is 23.2 Å². The molecule has 0 aliphatic carbocycles. The minimum absolute atomic E-state index is 0.0382. The first-order valence-corrected chi connectivity index (χ1v) is 6.02. The monoisotopic (exact) mass is 255 g/mol. The van der Waals surface area contributed by atoms with Crippen molar-refractivity contribution >= 4 is 17.5 Å². The first kappa shape index (κ1) is 14.0. The zero-order valence-electron chi connectivity index (χ0n) is 10.4. The summed E-state index contributed by atoms with van der Waals surface area (Å²) >= 11 is 5.94. The molecule has 0 saturated carbocycles. The largest absolute Gasteiger partial charge is 0.395 e. The van der Waals surface area contributed by atoms with Gasteiger partial charge in [-0.05, 0) is 44.5 Å². The maximum Gasteiger partial charge on any atom is 0.254 e. The van der Waals surface area contributed by atoms with Gasteiger partial charge in [0.1, 0.15) is 0 Å². The van der Waals surface area contributed by atoms with Gasteiger partial charge in [0.15, 0.2) is 0 Å². The third-order valence-electron chi connectivity index (χ3n) is 2.51. The van der Waals surface area contributed by atoms with Crippen LogP contribution in [0.4, 0.5) is 0 Å². The van der Waals surface area contributed by atoms with E-state index in [0.29, 0.717) is 17.1 Å². The molecule has 1 rings (SSSR count). The Hall–Kier alpha value is -1.06. The first-order chi connectivity index (χ1) is 7.95. The molecule has 94 valence electrons. The number of nitrogens with zero attached hydrogens (tertiary/aromatic N) is 1.